The van der Waals surface area contributed by atoms with Crippen LogP contribution in [0.15, 0.2) is 60.7 Å². The Morgan fingerprint density at radius 2 is 1.63 bits per heavy atom. The summed E-state index contributed by atoms with van der Waals surface area (Å²) in [4.78, 5) is 2.52. The molecule has 2 unspecified atom stereocenters. The van der Waals surface area contributed by atoms with Crippen molar-refractivity contribution in [1.82, 2.24) is 4.90 Å². The number of alkyl halides is 1. The zero-order valence-corrected chi connectivity index (χ0v) is 17.2. The van der Waals surface area contributed by atoms with E-state index in [0.717, 1.165) is 25.9 Å². The average Bonchev–Trinajstić information content (AvgIpc) is 2.72. The predicted molar refractivity (Wildman–Crippen MR) is 114 cm³/mol. The molecule has 0 aromatic heterocycles. The second kappa shape index (κ2) is 12.4. The van der Waals surface area contributed by atoms with E-state index in [1.54, 1.807) is 0 Å². The highest BCUT2D eigenvalue weighted by Crippen LogP contribution is 2.20. The summed E-state index contributed by atoms with van der Waals surface area (Å²) in [6.07, 6.45) is 2.00. The molecule has 2 atom stereocenters. The zero-order chi connectivity index (χ0) is 18.0. The molecule has 0 spiro atoms. The molecule has 5 heteroatoms. The van der Waals surface area contributed by atoms with Gasteiger partial charge < -0.3 is 9.47 Å². The van der Waals surface area contributed by atoms with Crippen molar-refractivity contribution in [2.24, 2.45) is 0 Å². The second-order valence-electron chi connectivity index (χ2n) is 6.74. The maximum atomic E-state index is 6.11. The minimum Gasteiger partial charge on any atom is -0.376 e. The van der Waals surface area contributed by atoms with Gasteiger partial charge in [-0.25, -0.2) is 0 Å². The third-order valence-electron chi connectivity index (χ3n) is 4.84. The van der Waals surface area contributed by atoms with Crippen molar-refractivity contribution in [3.05, 3.63) is 71.8 Å². The third-order valence-corrected chi connectivity index (χ3v) is 5.10. The van der Waals surface area contributed by atoms with E-state index in [9.17, 15) is 0 Å². The standard InChI is InChI=1S/C22H28ClNO2.ClH/c23-12-7-13-24(17-20-10-5-2-6-11-20)21(22-18-25-14-15-26-22)16-19-8-3-1-4-9-19;/h1-6,8-11,21-22H,7,12-18H2;1H. The van der Waals surface area contributed by atoms with Gasteiger partial charge in [0.15, 0.2) is 0 Å². The fourth-order valence-electron chi connectivity index (χ4n) is 3.52. The number of halogens is 2. The summed E-state index contributed by atoms with van der Waals surface area (Å²) in [6.45, 7) is 3.87. The number of hydrogen-bond acceptors (Lipinski definition) is 3. The fourth-order valence-corrected chi connectivity index (χ4v) is 3.64. The van der Waals surface area contributed by atoms with Crippen LogP contribution in [-0.2, 0) is 22.4 Å². The van der Waals surface area contributed by atoms with E-state index < -0.39 is 0 Å². The second-order valence-corrected chi connectivity index (χ2v) is 7.12. The number of ether oxygens (including phenoxy) is 2. The van der Waals surface area contributed by atoms with Crippen LogP contribution in [0.5, 0.6) is 0 Å². The molecule has 3 nitrogen and oxygen atoms in total. The van der Waals surface area contributed by atoms with Crippen molar-refractivity contribution in [2.75, 3.05) is 32.2 Å². The van der Waals surface area contributed by atoms with Crippen LogP contribution in [0, 0.1) is 0 Å². The smallest absolute Gasteiger partial charge is 0.0967 e. The van der Waals surface area contributed by atoms with Gasteiger partial charge in [-0.2, -0.15) is 0 Å². The lowest BCUT2D eigenvalue weighted by molar-refractivity contribution is -0.120. The van der Waals surface area contributed by atoms with Crippen LogP contribution in [0.3, 0.4) is 0 Å². The van der Waals surface area contributed by atoms with Crippen molar-refractivity contribution in [1.29, 1.82) is 0 Å². The summed E-state index contributed by atoms with van der Waals surface area (Å²) >= 11 is 6.02. The van der Waals surface area contributed by atoms with Gasteiger partial charge in [-0.15, -0.1) is 24.0 Å². The van der Waals surface area contributed by atoms with E-state index in [4.69, 9.17) is 21.1 Å². The molecule has 2 aromatic rings. The molecule has 0 bridgehead atoms. The number of rotatable bonds is 9. The first-order chi connectivity index (χ1) is 12.9. The highest BCUT2D eigenvalue weighted by Gasteiger charge is 2.30. The van der Waals surface area contributed by atoms with Crippen molar-refractivity contribution in [2.45, 2.75) is 31.5 Å². The van der Waals surface area contributed by atoms with Gasteiger partial charge in [0, 0.05) is 25.0 Å². The van der Waals surface area contributed by atoms with Crippen LogP contribution in [0.4, 0.5) is 0 Å². The Balaban J connectivity index is 0.00000261. The van der Waals surface area contributed by atoms with Crippen LogP contribution in [-0.4, -0.2) is 49.3 Å². The summed E-state index contributed by atoms with van der Waals surface area (Å²) in [5.41, 5.74) is 2.65. The molecule has 27 heavy (non-hydrogen) atoms. The molecular weight excluding hydrogens is 381 g/mol. The Morgan fingerprint density at radius 1 is 0.963 bits per heavy atom. The van der Waals surface area contributed by atoms with Crippen molar-refractivity contribution < 1.29 is 9.47 Å². The Kier molecular flexibility index (Phi) is 10.2. The van der Waals surface area contributed by atoms with Gasteiger partial charge in [0.05, 0.1) is 25.9 Å². The molecule has 2 aromatic carbocycles. The van der Waals surface area contributed by atoms with Gasteiger partial charge in [0.1, 0.15) is 0 Å². The molecule has 0 saturated carbocycles. The van der Waals surface area contributed by atoms with E-state index in [0.29, 0.717) is 25.7 Å². The Labute approximate surface area is 174 Å². The quantitative estimate of drug-likeness (QED) is 0.566. The number of benzene rings is 2. The first kappa shape index (κ1) is 22.2. The third kappa shape index (κ3) is 7.10. The van der Waals surface area contributed by atoms with E-state index in [-0.39, 0.29) is 24.6 Å². The SMILES string of the molecule is Cl.ClCCCN(Cc1ccccc1)C(Cc1ccccc1)C1COCCO1. The van der Waals surface area contributed by atoms with Crippen molar-refractivity contribution >= 4 is 24.0 Å². The van der Waals surface area contributed by atoms with E-state index >= 15 is 0 Å². The molecular formula is C22H29Cl2NO2. The van der Waals surface area contributed by atoms with Crippen LogP contribution in [0.25, 0.3) is 0 Å². The first-order valence-corrected chi connectivity index (χ1v) is 9.97. The summed E-state index contributed by atoms with van der Waals surface area (Å²) in [5, 5.41) is 0. The molecule has 3 rings (SSSR count). The van der Waals surface area contributed by atoms with Gasteiger partial charge >= 0.3 is 0 Å². The molecule has 0 radical (unpaired) electrons. The van der Waals surface area contributed by atoms with E-state index in [2.05, 4.69) is 65.6 Å². The highest BCUT2D eigenvalue weighted by atomic mass is 35.5. The minimum atomic E-state index is 0. The normalized spacial score (nSPS) is 18.1. The lowest BCUT2D eigenvalue weighted by atomic mass is 9.98. The lowest BCUT2D eigenvalue weighted by Gasteiger charge is -2.38. The van der Waals surface area contributed by atoms with Gasteiger partial charge in [-0.1, -0.05) is 60.7 Å². The summed E-state index contributed by atoms with van der Waals surface area (Å²) in [6, 6.07) is 21.6. The Hall–Kier alpha value is -1.10. The molecule has 1 fully saturated rings. The number of nitrogens with zero attached hydrogens (tertiary/aromatic N) is 1. The molecule has 1 saturated heterocycles. The van der Waals surface area contributed by atoms with Gasteiger partial charge in [0.2, 0.25) is 0 Å². The maximum Gasteiger partial charge on any atom is 0.0967 e. The van der Waals surface area contributed by atoms with Crippen LogP contribution in [0.1, 0.15) is 17.5 Å². The predicted octanol–water partition coefficient (Wildman–Crippen LogP) is 4.57. The maximum absolute atomic E-state index is 6.11. The van der Waals surface area contributed by atoms with Gasteiger partial charge in [0.25, 0.3) is 0 Å². The highest BCUT2D eigenvalue weighted by molar-refractivity contribution is 6.17. The van der Waals surface area contributed by atoms with Gasteiger partial charge in [-0.3, -0.25) is 4.90 Å². The van der Waals surface area contributed by atoms with E-state index in [1.807, 2.05) is 0 Å². The summed E-state index contributed by atoms with van der Waals surface area (Å²) < 4.78 is 11.8. The largest absolute Gasteiger partial charge is 0.376 e. The Bertz CT molecular complexity index is 621. The molecule has 1 aliphatic rings. The molecule has 0 amide bonds. The average molecular weight is 410 g/mol. The van der Waals surface area contributed by atoms with Crippen LogP contribution < -0.4 is 0 Å². The topological polar surface area (TPSA) is 21.7 Å². The molecule has 148 valence electrons. The van der Waals surface area contributed by atoms with Crippen LogP contribution in [0.2, 0.25) is 0 Å². The first-order valence-electron chi connectivity index (χ1n) is 9.44. The van der Waals surface area contributed by atoms with E-state index in [1.165, 1.54) is 11.1 Å². The molecule has 0 N–H and O–H groups in total. The molecule has 1 heterocycles. The number of hydrogen-bond donors (Lipinski definition) is 0. The summed E-state index contributed by atoms with van der Waals surface area (Å²) in [7, 11) is 0. The Morgan fingerprint density at radius 3 is 2.22 bits per heavy atom. The fraction of sp³-hybridized carbons (Fsp3) is 0.455. The van der Waals surface area contributed by atoms with Crippen molar-refractivity contribution in [3.63, 3.8) is 0 Å². The zero-order valence-electron chi connectivity index (χ0n) is 15.6. The summed E-state index contributed by atoms with van der Waals surface area (Å²) in [5.74, 6) is 0.672. The van der Waals surface area contributed by atoms with Gasteiger partial charge in [-0.05, 0) is 24.0 Å². The van der Waals surface area contributed by atoms with Crippen molar-refractivity contribution in [3.8, 4) is 0 Å². The molecule has 0 aliphatic carbocycles. The monoisotopic (exact) mass is 409 g/mol. The molecule has 1 aliphatic heterocycles. The lowest BCUT2D eigenvalue weighted by Crippen LogP contribution is -2.50. The van der Waals surface area contributed by atoms with Crippen LogP contribution >= 0.6 is 24.0 Å². The minimum absolute atomic E-state index is 0.